The van der Waals surface area contributed by atoms with Gasteiger partial charge in [-0.15, -0.1) is 6.58 Å². The molecule has 0 spiro atoms. The van der Waals surface area contributed by atoms with Crippen molar-refractivity contribution in [3.8, 4) is 0 Å². The summed E-state index contributed by atoms with van der Waals surface area (Å²) < 4.78 is 0. The van der Waals surface area contributed by atoms with Gasteiger partial charge in [-0.2, -0.15) is 0 Å². The quantitative estimate of drug-likeness (QED) is 0.561. The summed E-state index contributed by atoms with van der Waals surface area (Å²) in [6, 6.07) is 2.16. The first-order valence-electron chi connectivity index (χ1n) is 6.93. The third-order valence-corrected chi connectivity index (χ3v) is 3.29. The first kappa shape index (κ1) is 13.6. The number of aromatic amines is 1. The van der Waals surface area contributed by atoms with Gasteiger partial charge in [-0.05, 0) is 69.4 Å². The lowest BCUT2D eigenvalue weighted by atomic mass is 10.1. The van der Waals surface area contributed by atoms with Gasteiger partial charge in [0.1, 0.15) is 0 Å². The van der Waals surface area contributed by atoms with Gasteiger partial charge in [0.2, 0.25) is 0 Å². The van der Waals surface area contributed by atoms with Crippen molar-refractivity contribution >= 4 is 11.8 Å². The van der Waals surface area contributed by atoms with Crippen molar-refractivity contribution in [2.24, 2.45) is 4.99 Å². The Balaban J connectivity index is 1.97. The summed E-state index contributed by atoms with van der Waals surface area (Å²) in [5.41, 5.74) is 5.86. The number of nitrogens with zero attached hydrogens (tertiary/aromatic N) is 1. The topological polar surface area (TPSA) is 28.1 Å². The van der Waals surface area contributed by atoms with E-state index in [0.717, 1.165) is 24.2 Å². The smallest absolute Gasteiger partial charge is 0.0654 e. The molecule has 1 aromatic heterocycles. The lowest BCUT2D eigenvalue weighted by Gasteiger charge is -1.97. The maximum Gasteiger partial charge on any atom is 0.0654 e. The Morgan fingerprint density at radius 2 is 2.11 bits per heavy atom. The highest BCUT2D eigenvalue weighted by Crippen LogP contribution is 2.18. The lowest BCUT2D eigenvalue weighted by molar-refractivity contribution is 0.780. The van der Waals surface area contributed by atoms with E-state index in [1.54, 1.807) is 0 Å². The van der Waals surface area contributed by atoms with Crippen LogP contribution in [0, 0.1) is 13.8 Å². The zero-order valence-corrected chi connectivity index (χ0v) is 11.9. The average Bonchev–Trinajstić information content (AvgIpc) is 2.93. The molecular formula is C17H22N2. The fourth-order valence-corrected chi connectivity index (χ4v) is 2.28. The second-order valence-corrected chi connectivity index (χ2v) is 5.09. The summed E-state index contributed by atoms with van der Waals surface area (Å²) >= 11 is 0. The summed E-state index contributed by atoms with van der Waals surface area (Å²) in [6.45, 7) is 7.94. The largest absolute Gasteiger partial charge is 0.359 e. The molecule has 2 rings (SSSR count). The third kappa shape index (κ3) is 3.82. The molecule has 2 heteroatoms. The minimum Gasteiger partial charge on any atom is -0.359 e. The molecule has 19 heavy (non-hydrogen) atoms. The normalized spacial score (nSPS) is 16.1. The van der Waals surface area contributed by atoms with Crippen molar-refractivity contribution < 1.29 is 0 Å². The molecule has 0 aliphatic carbocycles. The van der Waals surface area contributed by atoms with Gasteiger partial charge in [0.15, 0.2) is 0 Å². The minimum atomic E-state index is 1.05. The number of allylic oxidation sites excluding steroid dienone is 3. The van der Waals surface area contributed by atoms with Crippen LogP contribution >= 0.6 is 0 Å². The molecule has 0 bridgehead atoms. The van der Waals surface area contributed by atoms with Crippen LogP contribution in [0.1, 0.15) is 42.6 Å². The first-order chi connectivity index (χ1) is 9.19. The highest BCUT2D eigenvalue weighted by Gasteiger charge is 2.06. The van der Waals surface area contributed by atoms with E-state index in [0.29, 0.717) is 0 Å². The van der Waals surface area contributed by atoms with E-state index < -0.39 is 0 Å². The summed E-state index contributed by atoms with van der Waals surface area (Å²) in [4.78, 5) is 8.01. The summed E-state index contributed by atoms with van der Waals surface area (Å²) in [5.74, 6) is 0. The number of hydrogen-bond donors (Lipinski definition) is 1. The molecule has 0 atom stereocenters. The highest BCUT2D eigenvalue weighted by atomic mass is 14.8. The summed E-state index contributed by atoms with van der Waals surface area (Å²) in [6.07, 6.45) is 12.9. The van der Waals surface area contributed by atoms with Crippen LogP contribution in [0.3, 0.4) is 0 Å². The third-order valence-electron chi connectivity index (χ3n) is 3.29. The molecule has 1 N–H and O–H groups in total. The zero-order chi connectivity index (χ0) is 13.7. The van der Waals surface area contributed by atoms with Crippen molar-refractivity contribution in [1.82, 2.24) is 4.98 Å². The van der Waals surface area contributed by atoms with Crippen LogP contribution in [0.2, 0.25) is 0 Å². The monoisotopic (exact) mass is 254 g/mol. The molecule has 2 nitrogen and oxygen atoms in total. The molecule has 0 amide bonds. The number of nitrogens with one attached hydrogen (secondary N) is 1. The maximum absolute atomic E-state index is 4.65. The number of rotatable bonds is 6. The molecule has 1 aromatic rings. The van der Waals surface area contributed by atoms with Gasteiger partial charge in [0.05, 0.1) is 5.70 Å². The molecule has 0 saturated carbocycles. The SMILES string of the molecule is C=CCCCCC1=N/C(=C\c2[nH]c(C)cc2C)C=C1. The Bertz CT molecular complexity index is 542. The number of aliphatic imine (C=N–C) groups is 1. The van der Waals surface area contributed by atoms with Crippen LogP contribution in [0.4, 0.5) is 0 Å². The Hall–Kier alpha value is -1.83. The molecule has 1 aliphatic rings. The Kier molecular flexibility index (Phi) is 4.56. The fraction of sp³-hybridized carbons (Fsp3) is 0.353. The maximum atomic E-state index is 4.65. The molecule has 2 heterocycles. The van der Waals surface area contributed by atoms with E-state index in [4.69, 9.17) is 0 Å². The van der Waals surface area contributed by atoms with Crippen LogP contribution in [0.5, 0.6) is 0 Å². The van der Waals surface area contributed by atoms with Gasteiger partial charge < -0.3 is 4.98 Å². The van der Waals surface area contributed by atoms with Crippen molar-refractivity contribution in [3.63, 3.8) is 0 Å². The minimum absolute atomic E-state index is 1.05. The molecule has 1 aliphatic heterocycles. The van der Waals surface area contributed by atoms with Crippen LogP contribution in [0.15, 0.2) is 41.6 Å². The predicted molar refractivity (Wildman–Crippen MR) is 83.5 cm³/mol. The second-order valence-electron chi connectivity index (χ2n) is 5.09. The van der Waals surface area contributed by atoms with Crippen molar-refractivity contribution in [3.05, 3.63) is 53.5 Å². The van der Waals surface area contributed by atoms with E-state index >= 15 is 0 Å². The zero-order valence-electron chi connectivity index (χ0n) is 11.9. The standard InChI is InChI=1S/C17H22N2/c1-4-5-6-7-8-15-9-10-16(19-15)12-17-13(2)11-14(3)18-17/h4,9-12,18H,1,5-8H2,2-3H3/b16-12-. The second kappa shape index (κ2) is 6.37. The van der Waals surface area contributed by atoms with Crippen molar-refractivity contribution in [1.29, 1.82) is 0 Å². The first-order valence-corrected chi connectivity index (χ1v) is 6.93. The van der Waals surface area contributed by atoms with Gasteiger partial charge in [0.25, 0.3) is 0 Å². The lowest BCUT2D eigenvalue weighted by Crippen LogP contribution is -1.89. The van der Waals surface area contributed by atoms with Gasteiger partial charge in [-0.3, -0.25) is 4.99 Å². The van der Waals surface area contributed by atoms with Crippen LogP contribution in [-0.2, 0) is 0 Å². The van der Waals surface area contributed by atoms with E-state index in [-0.39, 0.29) is 0 Å². The van der Waals surface area contributed by atoms with Gasteiger partial charge in [-0.1, -0.05) is 6.08 Å². The Morgan fingerprint density at radius 3 is 2.79 bits per heavy atom. The predicted octanol–water partition coefficient (Wildman–Crippen LogP) is 4.73. The average molecular weight is 254 g/mol. The summed E-state index contributed by atoms with van der Waals surface area (Å²) in [5, 5.41) is 0. The fourth-order valence-electron chi connectivity index (χ4n) is 2.28. The highest BCUT2D eigenvalue weighted by molar-refractivity contribution is 5.99. The Morgan fingerprint density at radius 1 is 1.26 bits per heavy atom. The van der Waals surface area contributed by atoms with Crippen molar-refractivity contribution in [2.45, 2.75) is 39.5 Å². The number of aryl methyl sites for hydroxylation is 2. The Labute approximate surface area is 115 Å². The van der Waals surface area contributed by atoms with Gasteiger partial charge in [0, 0.05) is 17.1 Å². The number of unbranched alkanes of at least 4 members (excludes halogenated alkanes) is 2. The van der Waals surface area contributed by atoms with E-state index in [9.17, 15) is 0 Å². The number of hydrogen-bond acceptors (Lipinski definition) is 1. The van der Waals surface area contributed by atoms with E-state index in [2.05, 4.69) is 54.7 Å². The van der Waals surface area contributed by atoms with Crippen LogP contribution in [-0.4, -0.2) is 10.7 Å². The molecule has 0 saturated heterocycles. The van der Waals surface area contributed by atoms with Gasteiger partial charge >= 0.3 is 0 Å². The molecule has 0 aromatic carbocycles. The van der Waals surface area contributed by atoms with E-state index in [1.807, 2.05) is 6.08 Å². The van der Waals surface area contributed by atoms with Crippen LogP contribution < -0.4 is 0 Å². The molecule has 0 fully saturated rings. The van der Waals surface area contributed by atoms with Crippen LogP contribution in [0.25, 0.3) is 6.08 Å². The van der Waals surface area contributed by atoms with E-state index in [1.165, 1.54) is 29.8 Å². The molecule has 0 unspecified atom stereocenters. The number of aromatic nitrogens is 1. The van der Waals surface area contributed by atoms with Gasteiger partial charge in [-0.25, -0.2) is 0 Å². The number of H-pyrrole nitrogens is 1. The summed E-state index contributed by atoms with van der Waals surface area (Å²) in [7, 11) is 0. The molecule has 0 radical (unpaired) electrons. The molecular weight excluding hydrogens is 232 g/mol. The molecule has 100 valence electrons. The van der Waals surface area contributed by atoms with Crippen molar-refractivity contribution in [2.75, 3.05) is 0 Å².